The van der Waals surface area contributed by atoms with Gasteiger partial charge in [-0.2, -0.15) is 0 Å². The predicted molar refractivity (Wildman–Crippen MR) is 223 cm³/mol. The van der Waals surface area contributed by atoms with Crippen molar-refractivity contribution in [2.45, 2.75) is 12.8 Å². The van der Waals surface area contributed by atoms with Gasteiger partial charge in [0.05, 0.1) is 33.3 Å². The second-order valence-electron chi connectivity index (χ2n) is 14.5. The van der Waals surface area contributed by atoms with Gasteiger partial charge in [-0.15, -0.1) is 0 Å². The first-order valence-electron chi connectivity index (χ1n) is 18.7. The quantitative estimate of drug-likeness (QED) is 0.185. The molecule has 0 amide bonds. The molecule has 1 aliphatic carbocycles. The van der Waals surface area contributed by atoms with Gasteiger partial charge in [-0.25, -0.2) is 9.97 Å². The van der Waals surface area contributed by atoms with Crippen LogP contribution in [0, 0.1) is 0 Å². The monoisotopic (exact) mass is 688 g/mol. The van der Waals surface area contributed by atoms with Crippen LogP contribution in [0.1, 0.15) is 22.3 Å². The highest BCUT2D eigenvalue weighted by Gasteiger charge is 2.27. The molecule has 4 nitrogen and oxygen atoms in total. The normalized spacial score (nSPS) is 12.7. The Bertz CT molecular complexity index is 3320. The van der Waals surface area contributed by atoms with Gasteiger partial charge in [-0.05, 0) is 88.3 Å². The first kappa shape index (κ1) is 29.5. The third-order valence-corrected chi connectivity index (χ3v) is 11.6. The summed E-state index contributed by atoms with van der Waals surface area (Å²) in [6.45, 7) is 0. The van der Waals surface area contributed by atoms with Crippen LogP contribution in [0.15, 0.2) is 170 Å². The molecule has 54 heavy (non-hydrogen) atoms. The van der Waals surface area contributed by atoms with E-state index >= 15 is 0 Å². The van der Waals surface area contributed by atoms with Gasteiger partial charge in [0.1, 0.15) is 0 Å². The fraction of sp³-hybridized carbons (Fsp3) is 0.0400. The molecule has 4 heteroatoms. The Morgan fingerprint density at radius 3 is 1.54 bits per heavy atom. The molecule has 0 bridgehead atoms. The maximum atomic E-state index is 5.49. The lowest BCUT2D eigenvalue weighted by Gasteiger charge is -2.21. The minimum absolute atomic E-state index is 0.663. The van der Waals surface area contributed by atoms with E-state index in [0.717, 1.165) is 57.2 Å². The van der Waals surface area contributed by atoms with Gasteiger partial charge in [-0.3, -0.25) is 4.57 Å². The van der Waals surface area contributed by atoms with E-state index in [2.05, 4.69) is 179 Å². The van der Waals surface area contributed by atoms with Crippen LogP contribution in [0.2, 0.25) is 0 Å². The van der Waals surface area contributed by atoms with E-state index < -0.39 is 0 Å². The van der Waals surface area contributed by atoms with Gasteiger partial charge < -0.3 is 4.57 Å². The number of hydrogen-bond donors (Lipinski definition) is 0. The summed E-state index contributed by atoms with van der Waals surface area (Å²) in [6.07, 6.45) is 1.87. The lowest BCUT2D eigenvalue weighted by molar-refractivity contribution is 1.01. The molecule has 3 heterocycles. The second kappa shape index (κ2) is 11.2. The highest BCUT2D eigenvalue weighted by Crippen LogP contribution is 2.48. The summed E-state index contributed by atoms with van der Waals surface area (Å²) in [7, 11) is 0. The average Bonchev–Trinajstić information content (AvgIpc) is 3.77. The first-order chi connectivity index (χ1) is 26.8. The van der Waals surface area contributed by atoms with Crippen molar-refractivity contribution in [1.29, 1.82) is 0 Å². The largest absolute Gasteiger partial charge is 0.307 e. The van der Waals surface area contributed by atoms with Crippen molar-refractivity contribution < 1.29 is 0 Å². The van der Waals surface area contributed by atoms with E-state index in [1.807, 2.05) is 0 Å². The summed E-state index contributed by atoms with van der Waals surface area (Å²) in [6, 6.07) is 61.4. The summed E-state index contributed by atoms with van der Waals surface area (Å²) in [5, 5.41) is 8.51. The fourth-order valence-electron chi connectivity index (χ4n) is 9.25. The number of hydrogen-bond acceptors (Lipinski definition) is 2. The Kier molecular flexibility index (Phi) is 6.14. The van der Waals surface area contributed by atoms with E-state index in [1.165, 1.54) is 60.1 Å². The molecular formula is C50H32N4. The van der Waals surface area contributed by atoms with E-state index in [0.29, 0.717) is 5.95 Å². The molecule has 3 aromatic heterocycles. The Morgan fingerprint density at radius 2 is 0.889 bits per heavy atom. The molecule has 0 radical (unpaired) electrons. The van der Waals surface area contributed by atoms with Gasteiger partial charge >= 0.3 is 0 Å². The minimum Gasteiger partial charge on any atom is -0.307 e. The van der Waals surface area contributed by atoms with Crippen molar-refractivity contribution in [3.05, 3.63) is 192 Å². The van der Waals surface area contributed by atoms with E-state index in [1.54, 1.807) is 0 Å². The van der Waals surface area contributed by atoms with Gasteiger partial charge in [0.15, 0.2) is 0 Å². The Balaban J connectivity index is 1.32. The predicted octanol–water partition coefficient (Wildman–Crippen LogP) is 12.1. The molecule has 0 spiro atoms. The van der Waals surface area contributed by atoms with Crippen molar-refractivity contribution in [1.82, 2.24) is 19.1 Å². The van der Waals surface area contributed by atoms with Crippen molar-refractivity contribution in [3.8, 4) is 22.9 Å². The van der Waals surface area contributed by atoms with Crippen LogP contribution in [-0.2, 0) is 12.8 Å². The molecule has 0 aliphatic heterocycles. The third-order valence-electron chi connectivity index (χ3n) is 11.6. The smallest absolute Gasteiger partial charge is 0.235 e. The fourth-order valence-corrected chi connectivity index (χ4v) is 9.25. The van der Waals surface area contributed by atoms with Gasteiger partial charge in [0, 0.05) is 38.2 Å². The topological polar surface area (TPSA) is 35.6 Å². The van der Waals surface area contributed by atoms with Crippen LogP contribution in [0.3, 0.4) is 0 Å². The van der Waals surface area contributed by atoms with Crippen molar-refractivity contribution in [3.63, 3.8) is 0 Å². The van der Waals surface area contributed by atoms with Crippen molar-refractivity contribution in [2.24, 2.45) is 0 Å². The Labute approximate surface area is 311 Å². The maximum absolute atomic E-state index is 5.49. The number of benzene rings is 8. The van der Waals surface area contributed by atoms with Crippen LogP contribution in [0.4, 0.5) is 0 Å². The SMILES string of the molecule is c1ccc(-c2nc(-n3c4ccccc4c4c5cc6c(cc5c5c7ccccc7n(-c7ccccc7)c5c43)Cc3ccccc3C6)nc3ccccc23)cc1. The lowest BCUT2D eigenvalue weighted by Crippen LogP contribution is -2.07. The summed E-state index contributed by atoms with van der Waals surface area (Å²) < 4.78 is 4.81. The zero-order valence-corrected chi connectivity index (χ0v) is 29.4. The van der Waals surface area contributed by atoms with Crippen molar-refractivity contribution >= 4 is 65.3 Å². The molecule has 252 valence electrons. The number of nitrogens with zero attached hydrogens (tertiary/aromatic N) is 4. The number of fused-ring (bicyclic) bond motifs is 13. The Morgan fingerprint density at radius 1 is 0.389 bits per heavy atom. The summed E-state index contributed by atoms with van der Waals surface area (Å²) in [5.41, 5.74) is 14.2. The molecule has 11 aromatic rings. The van der Waals surface area contributed by atoms with E-state index in [9.17, 15) is 0 Å². The van der Waals surface area contributed by atoms with Crippen LogP contribution in [-0.4, -0.2) is 19.1 Å². The van der Waals surface area contributed by atoms with Crippen LogP contribution >= 0.6 is 0 Å². The number of aromatic nitrogens is 4. The molecule has 0 atom stereocenters. The Hall–Kier alpha value is -7.04. The van der Waals surface area contributed by atoms with Gasteiger partial charge in [0.2, 0.25) is 5.95 Å². The zero-order valence-electron chi connectivity index (χ0n) is 29.4. The standard InChI is InChI=1S/C50H32N4/c1-3-15-31(16-4-1)47-37-21-9-12-24-42(37)51-50(52-47)54-44-26-14-11-23-39(44)46-41-30-35-28-33-18-8-7-17-32(33)27-34(35)29-40(41)45-38-22-10-13-25-43(38)53(48(45)49(46)54)36-19-5-2-6-20-36/h1-26,29-30H,27-28H2. The average molecular weight is 689 g/mol. The lowest BCUT2D eigenvalue weighted by atomic mass is 9.83. The zero-order chi connectivity index (χ0) is 35.3. The highest BCUT2D eigenvalue weighted by molar-refractivity contribution is 6.36. The molecule has 0 fully saturated rings. The maximum Gasteiger partial charge on any atom is 0.235 e. The van der Waals surface area contributed by atoms with Crippen LogP contribution in [0.5, 0.6) is 0 Å². The van der Waals surface area contributed by atoms with E-state index in [-0.39, 0.29) is 0 Å². The number of rotatable bonds is 3. The molecule has 12 rings (SSSR count). The molecule has 0 unspecified atom stereocenters. The summed E-state index contributed by atoms with van der Waals surface area (Å²) >= 11 is 0. The van der Waals surface area contributed by atoms with E-state index in [4.69, 9.17) is 9.97 Å². The highest BCUT2D eigenvalue weighted by atomic mass is 15.2. The molecule has 1 aliphatic rings. The third kappa shape index (κ3) is 4.13. The summed E-state index contributed by atoms with van der Waals surface area (Å²) in [4.78, 5) is 10.9. The summed E-state index contributed by atoms with van der Waals surface area (Å²) in [5.74, 6) is 0.663. The minimum atomic E-state index is 0.663. The second-order valence-corrected chi connectivity index (χ2v) is 14.5. The van der Waals surface area contributed by atoms with Gasteiger partial charge in [0.25, 0.3) is 0 Å². The molecule has 0 saturated heterocycles. The molecule has 0 N–H and O–H groups in total. The van der Waals surface area contributed by atoms with Gasteiger partial charge in [-0.1, -0.05) is 127 Å². The molecule has 8 aromatic carbocycles. The number of para-hydroxylation sites is 4. The molecular weight excluding hydrogens is 657 g/mol. The van der Waals surface area contributed by atoms with Crippen molar-refractivity contribution in [2.75, 3.05) is 0 Å². The first-order valence-corrected chi connectivity index (χ1v) is 18.7. The van der Waals surface area contributed by atoms with Crippen LogP contribution in [0.25, 0.3) is 88.2 Å². The van der Waals surface area contributed by atoms with Crippen LogP contribution < -0.4 is 0 Å². The molecule has 0 saturated carbocycles.